The van der Waals surface area contributed by atoms with Gasteiger partial charge in [0.05, 0.1) is 17.3 Å². The minimum absolute atomic E-state index is 0.0292. The van der Waals surface area contributed by atoms with E-state index < -0.39 is 12.0 Å². The number of halogens is 3. The van der Waals surface area contributed by atoms with Crippen LogP contribution in [-0.4, -0.2) is 59.0 Å². The van der Waals surface area contributed by atoms with E-state index in [9.17, 15) is 14.0 Å². The second kappa shape index (κ2) is 9.70. The number of nitrogens with one attached hydrogen (secondary N) is 1. The van der Waals surface area contributed by atoms with Crippen LogP contribution in [0.5, 0.6) is 0 Å². The molecule has 2 aliphatic heterocycles. The number of pyridine rings is 1. The molecule has 0 spiro atoms. The molecular weight excluding hydrogens is 424 g/mol. The van der Waals surface area contributed by atoms with Crippen molar-refractivity contribution in [2.24, 2.45) is 10.1 Å². The fourth-order valence-electron chi connectivity index (χ4n) is 3.97. The second-order valence-electron chi connectivity index (χ2n) is 7.80. The third kappa shape index (κ3) is 5.19. The van der Waals surface area contributed by atoms with Gasteiger partial charge in [0, 0.05) is 49.8 Å². The van der Waals surface area contributed by atoms with E-state index in [4.69, 9.17) is 11.6 Å². The molecule has 9 heteroatoms. The van der Waals surface area contributed by atoms with Crippen LogP contribution < -0.4 is 5.32 Å². The number of alkyl halides is 1. The summed E-state index contributed by atoms with van der Waals surface area (Å²) in [4.78, 5) is 11.3. The number of fused-ring (bicyclic) bond motifs is 1. The maximum atomic E-state index is 13.4. The Morgan fingerprint density at radius 2 is 2.10 bits per heavy atom. The molecule has 164 valence electrons. The summed E-state index contributed by atoms with van der Waals surface area (Å²) in [5, 5.41) is 16.4. The third-order valence-electron chi connectivity index (χ3n) is 5.69. The van der Waals surface area contributed by atoms with E-state index in [1.165, 1.54) is 12.1 Å². The molecule has 0 saturated carbocycles. The normalized spacial score (nSPS) is 18.9. The summed E-state index contributed by atoms with van der Waals surface area (Å²) < 4.78 is 26.7. The number of rotatable bonds is 6. The maximum absolute atomic E-state index is 13.4. The molecular formula is C22H24ClF2N5O. The van der Waals surface area contributed by atoms with Gasteiger partial charge in [0.25, 0.3) is 0 Å². The highest BCUT2D eigenvalue weighted by atomic mass is 35.5. The van der Waals surface area contributed by atoms with E-state index in [-0.39, 0.29) is 5.02 Å². The van der Waals surface area contributed by atoms with Crippen molar-refractivity contribution in [3.63, 3.8) is 0 Å². The number of benzene rings is 1. The van der Waals surface area contributed by atoms with Crippen molar-refractivity contribution in [3.8, 4) is 0 Å². The Morgan fingerprint density at radius 3 is 2.84 bits per heavy atom. The molecule has 6 nitrogen and oxygen atoms in total. The summed E-state index contributed by atoms with van der Waals surface area (Å²) in [6, 6.07) is 6.24. The van der Waals surface area contributed by atoms with Crippen molar-refractivity contribution in [3.05, 3.63) is 58.0 Å². The number of likely N-dealkylation sites (tertiary alicyclic amines) is 1. The van der Waals surface area contributed by atoms with E-state index in [0.717, 1.165) is 42.2 Å². The molecule has 3 heterocycles. The smallest absolute Gasteiger partial charge is 0.141 e. The highest BCUT2D eigenvalue weighted by molar-refractivity contribution is 6.30. The Hall–Kier alpha value is -2.58. The van der Waals surface area contributed by atoms with Crippen LogP contribution in [0.1, 0.15) is 29.5 Å². The lowest BCUT2D eigenvalue weighted by atomic mass is 9.98. The van der Waals surface area contributed by atoms with Gasteiger partial charge in [-0.3, -0.25) is 4.99 Å². The minimum atomic E-state index is -0.675. The molecule has 1 aromatic heterocycles. The topological polar surface area (TPSA) is 73.1 Å². The number of aliphatic imine (C=N–C) groups is 1. The molecule has 2 aromatic rings. The van der Waals surface area contributed by atoms with Crippen LogP contribution in [-0.2, 0) is 12.8 Å². The third-order valence-corrected chi connectivity index (χ3v) is 5.98. The van der Waals surface area contributed by atoms with Gasteiger partial charge in [-0.2, -0.15) is 0 Å². The predicted molar refractivity (Wildman–Crippen MR) is 118 cm³/mol. The van der Waals surface area contributed by atoms with Crippen molar-refractivity contribution in [1.29, 1.82) is 0 Å². The van der Waals surface area contributed by atoms with Gasteiger partial charge in [-0.15, -0.1) is 0 Å². The summed E-state index contributed by atoms with van der Waals surface area (Å²) in [5.74, 6) is 1.00. The second-order valence-corrected chi connectivity index (χ2v) is 8.21. The largest absolute Gasteiger partial charge is 0.411 e. The van der Waals surface area contributed by atoms with Gasteiger partial charge in [0.15, 0.2) is 0 Å². The zero-order valence-electron chi connectivity index (χ0n) is 17.0. The van der Waals surface area contributed by atoms with E-state index >= 15 is 0 Å². The van der Waals surface area contributed by atoms with Crippen molar-refractivity contribution >= 4 is 29.0 Å². The first-order chi connectivity index (χ1) is 15.0. The van der Waals surface area contributed by atoms with Gasteiger partial charge in [-0.05, 0) is 36.6 Å². The Kier molecular flexibility index (Phi) is 6.77. The van der Waals surface area contributed by atoms with Gasteiger partial charge >= 0.3 is 0 Å². The quantitative estimate of drug-likeness (QED) is 0.397. The lowest BCUT2D eigenvalue weighted by molar-refractivity contribution is 0.154. The molecule has 4 rings (SSSR count). The molecule has 1 saturated heterocycles. The van der Waals surface area contributed by atoms with Crippen LogP contribution >= 0.6 is 11.6 Å². The number of amidine groups is 1. The summed E-state index contributed by atoms with van der Waals surface area (Å²) in [5.41, 5.74) is 2.84. The van der Waals surface area contributed by atoms with Crippen molar-refractivity contribution < 1.29 is 14.0 Å². The average molecular weight is 448 g/mol. The predicted octanol–water partition coefficient (Wildman–Crippen LogP) is 4.10. The Balaban J connectivity index is 1.43. The Bertz CT molecular complexity index is 1010. The van der Waals surface area contributed by atoms with Gasteiger partial charge in [0.2, 0.25) is 0 Å². The van der Waals surface area contributed by atoms with E-state index in [2.05, 4.69) is 25.3 Å². The van der Waals surface area contributed by atoms with Crippen LogP contribution in [0.4, 0.5) is 14.6 Å². The fourth-order valence-corrected chi connectivity index (χ4v) is 4.18. The molecule has 2 N–H and O–H groups in total. The van der Waals surface area contributed by atoms with Crippen LogP contribution in [0.3, 0.4) is 0 Å². The summed E-state index contributed by atoms with van der Waals surface area (Å²) in [6.45, 7) is 2.96. The number of nitrogens with zero attached hydrogens (tertiary/aromatic N) is 4. The number of oxime groups is 1. The number of piperidine rings is 1. The lowest BCUT2D eigenvalue weighted by Gasteiger charge is -2.27. The first kappa shape index (κ1) is 21.6. The van der Waals surface area contributed by atoms with Crippen LogP contribution in [0.25, 0.3) is 0 Å². The number of hydrogen-bond acceptors (Lipinski definition) is 5. The molecule has 2 aliphatic rings. The molecule has 1 aromatic carbocycles. The summed E-state index contributed by atoms with van der Waals surface area (Å²) in [6.07, 6.45) is 3.00. The molecule has 1 fully saturated rings. The van der Waals surface area contributed by atoms with Crippen LogP contribution in [0, 0.1) is 5.82 Å². The first-order valence-electron chi connectivity index (χ1n) is 10.3. The highest BCUT2D eigenvalue weighted by Crippen LogP contribution is 2.26. The monoisotopic (exact) mass is 447 g/mol. The summed E-state index contributed by atoms with van der Waals surface area (Å²) in [7, 11) is 0. The van der Waals surface area contributed by atoms with Crippen molar-refractivity contribution in [2.75, 3.05) is 31.5 Å². The van der Waals surface area contributed by atoms with Gasteiger partial charge < -0.3 is 15.4 Å². The summed E-state index contributed by atoms with van der Waals surface area (Å²) >= 11 is 5.88. The lowest BCUT2D eigenvalue weighted by Crippen LogP contribution is -2.36. The fraction of sp³-hybridized carbons (Fsp3) is 0.409. The molecule has 0 unspecified atom stereocenters. The van der Waals surface area contributed by atoms with Crippen LogP contribution in [0.2, 0.25) is 5.02 Å². The molecule has 0 atom stereocenters. The maximum Gasteiger partial charge on any atom is 0.141 e. The first-order valence-corrected chi connectivity index (χ1v) is 10.7. The molecule has 0 radical (unpaired) electrons. The van der Waals surface area contributed by atoms with Crippen molar-refractivity contribution in [2.45, 2.75) is 31.9 Å². The Labute approximate surface area is 184 Å². The number of anilines is 1. The highest BCUT2D eigenvalue weighted by Gasteiger charge is 2.24. The zero-order valence-corrected chi connectivity index (χ0v) is 17.7. The number of hydrogen-bond donors (Lipinski definition) is 2. The van der Waals surface area contributed by atoms with Gasteiger partial charge in [-0.1, -0.05) is 22.8 Å². The molecule has 0 bridgehead atoms. The van der Waals surface area contributed by atoms with Crippen LogP contribution in [0.15, 0.2) is 40.6 Å². The molecule has 0 aliphatic carbocycles. The Morgan fingerprint density at radius 1 is 1.29 bits per heavy atom. The average Bonchev–Trinajstić information content (AvgIpc) is 3.19. The minimum Gasteiger partial charge on any atom is -0.411 e. The van der Waals surface area contributed by atoms with E-state index in [0.29, 0.717) is 43.8 Å². The van der Waals surface area contributed by atoms with E-state index in [1.54, 1.807) is 18.3 Å². The zero-order chi connectivity index (χ0) is 21.8. The molecule has 0 amide bonds. The van der Waals surface area contributed by atoms with Crippen molar-refractivity contribution in [1.82, 2.24) is 9.88 Å². The molecule has 31 heavy (non-hydrogen) atoms. The number of aromatic nitrogens is 1. The van der Waals surface area contributed by atoms with Gasteiger partial charge in [-0.25, -0.2) is 13.8 Å². The van der Waals surface area contributed by atoms with E-state index in [1.807, 2.05) is 0 Å². The van der Waals surface area contributed by atoms with Gasteiger partial charge in [0.1, 0.15) is 23.6 Å². The SMILES string of the molecule is O/N=C(\Cc1ccc(F)c(Cl)c1)c1ccnc2c1CC(=NCCN1CCC(F)CC1)N2. The standard InChI is InChI=1S/C22H24ClF2N5O/c23-18-11-14(1-2-19(18)25)12-20(29-31)16-3-6-27-22-17(16)13-21(28-22)26-7-10-30-8-4-15(24)5-9-30/h1-3,6,11,15,31H,4-5,7-10,12-13H2,(H,26,27,28)/b29-20+.